The van der Waals surface area contributed by atoms with Crippen LogP contribution < -0.4 is 0 Å². The highest BCUT2D eigenvalue weighted by atomic mass is 31.3. The van der Waals surface area contributed by atoms with Crippen LogP contribution in [0.15, 0.2) is 24.3 Å². The fourth-order valence-electron chi connectivity index (χ4n) is 3.67. The van der Waals surface area contributed by atoms with Crippen molar-refractivity contribution in [3.05, 3.63) is 24.3 Å². The second-order valence-corrected chi connectivity index (χ2v) is 13.2. The lowest BCUT2D eigenvalue weighted by molar-refractivity contribution is -0.139. The normalized spacial score (nSPS) is 11.8. The number of hydrogen-bond acceptors (Lipinski definition) is 9. The number of carbonyl (C=O) groups is 2. The van der Waals surface area contributed by atoms with Gasteiger partial charge < -0.3 is 19.3 Å². The third-order valence-corrected chi connectivity index (χ3v) is 8.59. The summed E-state index contributed by atoms with van der Waals surface area (Å²) >= 11 is 0. The Morgan fingerprint density at radius 1 is 0.537 bits per heavy atom. The number of hydrogen-bond donors (Lipinski definition) is 2. The molecule has 0 atom stereocenters. The summed E-state index contributed by atoms with van der Waals surface area (Å²) < 4.78 is 48.7. The highest BCUT2D eigenvalue weighted by Gasteiger charge is 2.35. The van der Waals surface area contributed by atoms with Crippen molar-refractivity contribution in [1.29, 1.82) is 0 Å². The fourth-order valence-corrected chi connectivity index (χ4v) is 5.87. The Bertz CT molecular complexity index is 800. The quantitative estimate of drug-likeness (QED) is 0.0379. The standard InChI is InChI=1S/C28H52O11P2/c1-25(2)27(29)35-21-17-13-9-5-7-11-15-19-23-37-41(34,39-40(31,32)33)38-24-20-16-12-8-6-10-14-18-22-36-28(30)26(3)4/h1,3,5-24H2,2,4H3,(H2,31,32,33). The lowest BCUT2D eigenvalue weighted by atomic mass is 10.1. The maximum atomic E-state index is 12.7. The van der Waals surface area contributed by atoms with Crippen LogP contribution in [0.4, 0.5) is 0 Å². The number of phosphoric acid groups is 2. The number of esters is 2. The minimum atomic E-state index is -5.05. The van der Waals surface area contributed by atoms with Crippen LogP contribution in [0.2, 0.25) is 0 Å². The Kier molecular flexibility index (Phi) is 23.4. The van der Waals surface area contributed by atoms with E-state index in [1.54, 1.807) is 13.8 Å². The summed E-state index contributed by atoms with van der Waals surface area (Å²) in [6, 6.07) is 0. The second-order valence-electron chi connectivity index (χ2n) is 10.2. The van der Waals surface area contributed by atoms with E-state index in [0.29, 0.717) is 37.2 Å². The summed E-state index contributed by atoms with van der Waals surface area (Å²) in [5.41, 5.74) is 0.802. The molecule has 0 saturated heterocycles. The number of phosphoric ester groups is 1. The molecule has 240 valence electrons. The smallest absolute Gasteiger partial charge is 0.462 e. The van der Waals surface area contributed by atoms with Gasteiger partial charge in [0.15, 0.2) is 0 Å². The maximum absolute atomic E-state index is 12.7. The minimum absolute atomic E-state index is 0.0117. The van der Waals surface area contributed by atoms with Gasteiger partial charge in [-0.2, -0.15) is 4.31 Å². The molecule has 0 aliphatic carbocycles. The van der Waals surface area contributed by atoms with Crippen LogP contribution in [0, 0.1) is 0 Å². The van der Waals surface area contributed by atoms with Gasteiger partial charge in [-0.3, -0.25) is 9.05 Å². The van der Waals surface area contributed by atoms with Gasteiger partial charge in [0.25, 0.3) is 0 Å². The molecule has 2 N–H and O–H groups in total. The van der Waals surface area contributed by atoms with Crippen molar-refractivity contribution in [1.82, 2.24) is 0 Å². The van der Waals surface area contributed by atoms with E-state index < -0.39 is 15.6 Å². The Morgan fingerprint density at radius 2 is 0.805 bits per heavy atom. The van der Waals surface area contributed by atoms with E-state index in [0.717, 1.165) is 89.9 Å². The van der Waals surface area contributed by atoms with Gasteiger partial charge in [-0.25, -0.2) is 18.7 Å². The van der Waals surface area contributed by atoms with E-state index in [-0.39, 0.29) is 25.2 Å². The van der Waals surface area contributed by atoms with Gasteiger partial charge >= 0.3 is 27.6 Å². The molecule has 11 nitrogen and oxygen atoms in total. The van der Waals surface area contributed by atoms with Gasteiger partial charge in [0.05, 0.1) is 26.4 Å². The van der Waals surface area contributed by atoms with E-state index >= 15 is 0 Å². The van der Waals surface area contributed by atoms with Crippen LogP contribution in [-0.4, -0.2) is 48.2 Å². The largest absolute Gasteiger partial charge is 0.483 e. The predicted molar refractivity (Wildman–Crippen MR) is 158 cm³/mol. The van der Waals surface area contributed by atoms with E-state index in [1.807, 2.05) is 0 Å². The van der Waals surface area contributed by atoms with Crippen LogP contribution in [0.5, 0.6) is 0 Å². The molecule has 0 fully saturated rings. The molecule has 41 heavy (non-hydrogen) atoms. The van der Waals surface area contributed by atoms with Crippen molar-refractivity contribution in [3.63, 3.8) is 0 Å². The predicted octanol–water partition coefficient (Wildman–Crippen LogP) is 7.72. The molecule has 0 amide bonds. The topological polar surface area (TPSA) is 155 Å². The molecule has 0 aromatic carbocycles. The first-order valence-corrected chi connectivity index (χ1v) is 17.7. The Labute approximate surface area is 246 Å². The first kappa shape index (κ1) is 39.7. The highest BCUT2D eigenvalue weighted by Crippen LogP contribution is 2.61. The van der Waals surface area contributed by atoms with Gasteiger partial charge in [-0.05, 0) is 39.5 Å². The van der Waals surface area contributed by atoms with E-state index in [9.17, 15) is 18.7 Å². The summed E-state index contributed by atoms with van der Waals surface area (Å²) in [6.07, 6.45) is 14.4. The molecule has 0 aromatic heterocycles. The zero-order valence-electron chi connectivity index (χ0n) is 25.0. The molecule has 0 unspecified atom stereocenters. The van der Waals surface area contributed by atoms with Gasteiger partial charge in [0, 0.05) is 11.1 Å². The molecule has 0 bridgehead atoms. The Hall–Kier alpha value is -1.32. The molecular weight excluding hydrogens is 574 g/mol. The lowest BCUT2D eigenvalue weighted by Crippen LogP contribution is -2.05. The fraction of sp³-hybridized carbons (Fsp3) is 0.786. The molecule has 0 saturated carbocycles. The van der Waals surface area contributed by atoms with Crippen LogP contribution >= 0.6 is 15.6 Å². The summed E-state index contributed by atoms with van der Waals surface area (Å²) in [6.45, 7) is 11.1. The van der Waals surface area contributed by atoms with Crippen LogP contribution in [-0.2, 0) is 41.6 Å². The number of ether oxygens (including phenoxy) is 2. The van der Waals surface area contributed by atoms with Crippen LogP contribution in [0.3, 0.4) is 0 Å². The van der Waals surface area contributed by atoms with Crippen molar-refractivity contribution in [2.75, 3.05) is 26.4 Å². The monoisotopic (exact) mass is 626 g/mol. The van der Waals surface area contributed by atoms with E-state index in [2.05, 4.69) is 17.5 Å². The van der Waals surface area contributed by atoms with E-state index in [4.69, 9.17) is 28.3 Å². The van der Waals surface area contributed by atoms with Crippen molar-refractivity contribution < 1.29 is 51.3 Å². The Morgan fingerprint density at radius 3 is 1.07 bits per heavy atom. The number of rotatable bonds is 28. The third-order valence-electron chi connectivity index (χ3n) is 5.95. The molecule has 0 aliphatic rings. The maximum Gasteiger partial charge on any atom is 0.483 e. The van der Waals surface area contributed by atoms with Crippen LogP contribution in [0.1, 0.15) is 117 Å². The highest BCUT2D eigenvalue weighted by molar-refractivity contribution is 7.61. The molecule has 0 aliphatic heterocycles. The van der Waals surface area contributed by atoms with Gasteiger partial charge in [-0.15, -0.1) is 0 Å². The zero-order valence-corrected chi connectivity index (χ0v) is 26.8. The molecule has 0 radical (unpaired) electrons. The average Bonchev–Trinajstić information content (AvgIpc) is 2.88. The first-order valence-electron chi connectivity index (χ1n) is 14.7. The van der Waals surface area contributed by atoms with Crippen molar-refractivity contribution in [3.8, 4) is 0 Å². The first-order chi connectivity index (χ1) is 19.4. The van der Waals surface area contributed by atoms with Crippen molar-refractivity contribution >= 4 is 27.6 Å². The molecular formula is C28H52O11P2. The van der Waals surface area contributed by atoms with Crippen molar-refractivity contribution in [2.24, 2.45) is 0 Å². The van der Waals surface area contributed by atoms with Gasteiger partial charge in [0.1, 0.15) is 0 Å². The third kappa shape index (κ3) is 26.1. The molecule has 13 heteroatoms. The molecule has 0 rings (SSSR count). The van der Waals surface area contributed by atoms with Gasteiger partial charge in [-0.1, -0.05) is 90.2 Å². The summed E-state index contributed by atoms with van der Waals surface area (Å²) in [5.74, 6) is -0.713. The molecule has 0 heterocycles. The van der Waals surface area contributed by atoms with Crippen molar-refractivity contribution in [2.45, 2.75) is 117 Å². The average molecular weight is 627 g/mol. The lowest BCUT2D eigenvalue weighted by Gasteiger charge is -2.18. The molecule has 0 aromatic rings. The van der Waals surface area contributed by atoms with Crippen LogP contribution in [0.25, 0.3) is 0 Å². The molecule has 0 spiro atoms. The Balaban J connectivity index is 3.88. The second kappa shape index (κ2) is 24.2. The summed E-state index contributed by atoms with van der Waals surface area (Å²) in [7, 11) is -9.42. The number of carbonyl (C=O) groups excluding carboxylic acids is 2. The SMILES string of the molecule is C=C(C)C(=O)OCCCCCCCCCCOP(=O)(OCCCCCCCCCCOC(=O)C(=C)C)OP(=O)(O)O. The number of unbranched alkanes of at least 4 members (excludes halogenated alkanes) is 14. The van der Waals surface area contributed by atoms with E-state index in [1.165, 1.54) is 0 Å². The zero-order chi connectivity index (χ0) is 31.0. The van der Waals surface area contributed by atoms with Gasteiger partial charge in [0.2, 0.25) is 0 Å². The summed E-state index contributed by atoms with van der Waals surface area (Å²) in [5, 5.41) is 0. The summed E-state index contributed by atoms with van der Waals surface area (Å²) in [4.78, 5) is 40.8. The minimum Gasteiger partial charge on any atom is -0.462 e.